The second-order valence-corrected chi connectivity index (χ2v) is 6.04. The Labute approximate surface area is 146 Å². The molecule has 0 aromatic heterocycles. The van der Waals surface area contributed by atoms with E-state index in [0.29, 0.717) is 10.6 Å². The highest BCUT2D eigenvalue weighted by atomic mass is 35.5. The number of aliphatic imine (C=N–C) groups is 1. The van der Waals surface area contributed by atoms with E-state index in [4.69, 9.17) is 23.1 Å². The quantitative estimate of drug-likeness (QED) is 0.608. The number of guanidine groups is 1. The molecule has 2 amide bonds. The highest BCUT2D eigenvalue weighted by Gasteiger charge is 2.38. The Bertz CT molecular complexity index is 717. The topological polar surface area (TPSA) is 102 Å². The Balaban J connectivity index is 2.24. The van der Waals surface area contributed by atoms with E-state index < -0.39 is 36.4 Å². The molecule has 1 aliphatic rings. The van der Waals surface area contributed by atoms with E-state index in [1.807, 2.05) is 0 Å². The molecule has 10 heteroatoms. The summed E-state index contributed by atoms with van der Waals surface area (Å²) in [5.74, 6) is -1.56. The number of nitrogens with zero attached hydrogens (tertiary/aromatic N) is 2. The number of halogens is 4. The number of nitrogens with two attached hydrogens (primary N) is 2. The molecule has 1 aliphatic heterocycles. The van der Waals surface area contributed by atoms with Crippen molar-refractivity contribution in [3.05, 3.63) is 34.3 Å². The fraction of sp³-hybridized carbons (Fsp3) is 0.400. The fourth-order valence-electron chi connectivity index (χ4n) is 2.75. The second-order valence-electron chi connectivity index (χ2n) is 5.60. The lowest BCUT2D eigenvalue weighted by molar-refractivity contribution is -0.136. The van der Waals surface area contributed by atoms with Gasteiger partial charge in [-0.15, -0.1) is 0 Å². The Morgan fingerprint density at radius 2 is 2.00 bits per heavy atom. The number of fused-ring (bicyclic) bond motifs is 1. The largest absolute Gasteiger partial charge is 0.389 e. The first-order valence-electron chi connectivity index (χ1n) is 7.38. The zero-order valence-electron chi connectivity index (χ0n) is 13.0. The van der Waals surface area contributed by atoms with Gasteiger partial charge in [-0.3, -0.25) is 9.59 Å². The lowest BCUT2D eigenvalue weighted by Gasteiger charge is -2.24. The second kappa shape index (κ2) is 7.30. The summed E-state index contributed by atoms with van der Waals surface area (Å²) >= 11 is 5.88. The van der Waals surface area contributed by atoms with Crippen molar-refractivity contribution in [2.75, 3.05) is 6.54 Å². The molecule has 2 rings (SSSR count). The first-order chi connectivity index (χ1) is 11.6. The molecule has 0 radical (unpaired) electrons. The minimum atomic E-state index is -4.32. The molecule has 0 aliphatic carbocycles. The molecule has 1 unspecified atom stereocenters. The molecule has 6 nitrogen and oxygen atoms in total. The number of carbonyl (C=O) groups is 2. The third kappa shape index (κ3) is 4.85. The Morgan fingerprint density at radius 1 is 1.32 bits per heavy atom. The highest BCUT2D eigenvalue weighted by Crippen LogP contribution is 2.38. The van der Waals surface area contributed by atoms with Crippen LogP contribution >= 0.6 is 11.6 Å². The van der Waals surface area contributed by atoms with Crippen LogP contribution in [0.5, 0.6) is 0 Å². The van der Waals surface area contributed by atoms with Crippen molar-refractivity contribution < 1.29 is 22.8 Å². The standard InChI is InChI=1S/C15H16ClF3N4O2/c16-8-2-3-9-10(6-8)13(25)23(5-1-4-15(17,18)19)11(9)7-12(24)22-14(20)21/h2-3,6,11H,1,4-5,7H2,(H4,20,21,22,24). The monoisotopic (exact) mass is 376 g/mol. The predicted molar refractivity (Wildman–Crippen MR) is 86.0 cm³/mol. The normalized spacial score (nSPS) is 16.7. The lowest BCUT2D eigenvalue weighted by Crippen LogP contribution is -2.31. The van der Waals surface area contributed by atoms with Gasteiger partial charge in [-0.1, -0.05) is 17.7 Å². The summed E-state index contributed by atoms with van der Waals surface area (Å²) in [6.07, 6.45) is -5.85. The smallest absolute Gasteiger partial charge is 0.370 e. The summed E-state index contributed by atoms with van der Waals surface area (Å²) in [6, 6.07) is 3.82. The van der Waals surface area contributed by atoms with Crippen LogP contribution in [-0.2, 0) is 4.79 Å². The Hall–Kier alpha value is -2.29. The molecular formula is C15H16ClF3N4O2. The van der Waals surface area contributed by atoms with Gasteiger partial charge in [0.05, 0.1) is 12.5 Å². The van der Waals surface area contributed by atoms with Crippen LogP contribution in [0.4, 0.5) is 13.2 Å². The number of alkyl halides is 3. The van der Waals surface area contributed by atoms with Crippen LogP contribution in [-0.4, -0.2) is 35.4 Å². The number of amides is 2. The summed E-state index contributed by atoms with van der Waals surface area (Å²) in [7, 11) is 0. The third-order valence-corrected chi connectivity index (χ3v) is 3.96. The summed E-state index contributed by atoms with van der Waals surface area (Å²) in [5.41, 5.74) is 11.1. The van der Waals surface area contributed by atoms with Gasteiger partial charge >= 0.3 is 6.18 Å². The number of carbonyl (C=O) groups excluding carboxylic acids is 2. The van der Waals surface area contributed by atoms with Crippen LogP contribution in [0.1, 0.15) is 41.2 Å². The molecule has 0 bridgehead atoms. The fourth-order valence-corrected chi connectivity index (χ4v) is 2.92. The van der Waals surface area contributed by atoms with Gasteiger partial charge in [-0.2, -0.15) is 18.2 Å². The van der Waals surface area contributed by atoms with Gasteiger partial charge < -0.3 is 16.4 Å². The summed E-state index contributed by atoms with van der Waals surface area (Å²) in [6.45, 7) is -0.148. The van der Waals surface area contributed by atoms with Gasteiger partial charge in [0.25, 0.3) is 11.8 Å². The molecule has 0 saturated heterocycles. The zero-order valence-corrected chi connectivity index (χ0v) is 13.8. The maximum absolute atomic E-state index is 12.5. The summed E-state index contributed by atoms with van der Waals surface area (Å²) in [4.78, 5) is 29.0. The number of hydrogen-bond acceptors (Lipinski definition) is 2. The van der Waals surface area contributed by atoms with E-state index in [2.05, 4.69) is 4.99 Å². The first-order valence-corrected chi connectivity index (χ1v) is 7.76. The van der Waals surface area contributed by atoms with Crippen molar-refractivity contribution in [1.82, 2.24) is 4.90 Å². The minimum Gasteiger partial charge on any atom is -0.370 e. The molecular weight excluding hydrogens is 361 g/mol. The van der Waals surface area contributed by atoms with Gasteiger partial charge in [0, 0.05) is 23.6 Å². The van der Waals surface area contributed by atoms with Crippen LogP contribution in [0.25, 0.3) is 0 Å². The van der Waals surface area contributed by atoms with E-state index >= 15 is 0 Å². The summed E-state index contributed by atoms with van der Waals surface area (Å²) < 4.78 is 37.1. The van der Waals surface area contributed by atoms with Crippen molar-refractivity contribution in [3.8, 4) is 0 Å². The molecule has 0 fully saturated rings. The van der Waals surface area contributed by atoms with Gasteiger partial charge in [-0.05, 0) is 24.1 Å². The molecule has 25 heavy (non-hydrogen) atoms. The average molecular weight is 377 g/mol. The molecule has 0 saturated carbocycles. The van der Waals surface area contributed by atoms with E-state index in [0.717, 1.165) is 0 Å². The number of hydrogen-bond donors (Lipinski definition) is 2. The number of benzene rings is 1. The zero-order chi connectivity index (χ0) is 18.8. The summed E-state index contributed by atoms with van der Waals surface area (Å²) in [5, 5.41) is 0.318. The van der Waals surface area contributed by atoms with Gasteiger partial charge in [0.1, 0.15) is 0 Å². The Kier molecular flexibility index (Phi) is 5.56. The van der Waals surface area contributed by atoms with Crippen molar-refractivity contribution >= 4 is 29.4 Å². The third-order valence-electron chi connectivity index (χ3n) is 3.72. The molecule has 136 valence electrons. The highest BCUT2D eigenvalue weighted by molar-refractivity contribution is 6.31. The molecule has 1 aromatic rings. The maximum Gasteiger partial charge on any atom is 0.389 e. The molecule has 1 heterocycles. The van der Waals surface area contributed by atoms with Crippen LogP contribution in [0.2, 0.25) is 5.02 Å². The predicted octanol–water partition coefficient (Wildman–Crippen LogP) is 2.37. The molecule has 1 atom stereocenters. The number of rotatable bonds is 5. The van der Waals surface area contributed by atoms with Crippen LogP contribution in [0, 0.1) is 0 Å². The Morgan fingerprint density at radius 3 is 2.60 bits per heavy atom. The van der Waals surface area contributed by atoms with Crippen LogP contribution in [0.3, 0.4) is 0 Å². The molecule has 0 spiro atoms. The van der Waals surface area contributed by atoms with Gasteiger partial charge in [0.2, 0.25) is 0 Å². The molecule has 1 aromatic carbocycles. The van der Waals surface area contributed by atoms with Gasteiger partial charge in [0.15, 0.2) is 5.96 Å². The van der Waals surface area contributed by atoms with E-state index in [1.54, 1.807) is 12.1 Å². The van der Waals surface area contributed by atoms with E-state index in [-0.39, 0.29) is 24.9 Å². The van der Waals surface area contributed by atoms with Crippen LogP contribution in [0.15, 0.2) is 23.2 Å². The van der Waals surface area contributed by atoms with Crippen molar-refractivity contribution in [1.29, 1.82) is 0 Å². The molecule has 4 N–H and O–H groups in total. The van der Waals surface area contributed by atoms with Crippen molar-refractivity contribution in [2.45, 2.75) is 31.5 Å². The minimum absolute atomic E-state index is 0.148. The van der Waals surface area contributed by atoms with E-state index in [9.17, 15) is 22.8 Å². The van der Waals surface area contributed by atoms with E-state index in [1.165, 1.54) is 11.0 Å². The van der Waals surface area contributed by atoms with Crippen molar-refractivity contribution in [2.24, 2.45) is 16.5 Å². The van der Waals surface area contributed by atoms with Gasteiger partial charge in [-0.25, -0.2) is 0 Å². The lowest BCUT2D eigenvalue weighted by atomic mass is 10.0. The van der Waals surface area contributed by atoms with Crippen LogP contribution < -0.4 is 11.5 Å². The maximum atomic E-state index is 12.5. The SMILES string of the molecule is NC(N)=NC(=O)CC1c2ccc(Cl)cc2C(=O)N1CCCC(F)(F)F. The first kappa shape index (κ1) is 19.0. The van der Waals surface area contributed by atoms with Crippen molar-refractivity contribution in [3.63, 3.8) is 0 Å². The average Bonchev–Trinajstić information content (AvgIpc) is 2.70.